The number of hydrogen-bond acceptors (Lipinski definition) is 3. The Kier molecular flexibility index (Phi) is 5.73. The second kappa shape index (κ2) is 8.81. The van der Waals surface area contributed by atoms with E-state index in [1.165, 1.54) is 11.1 Å². The molecular weight excluding hydrogens is 434 g/mol. The minimum atomic E-state index is 0.744. The molecule has 0 spiro atoms. The summed E-state index contributed by atoms with van der Waals surface area (Å²) in [5.41, 5.74) is 7.73. The summed E-state index contributed by atoms with van der Waals surface area (Å²) >= 11 is 8.19. The Hall–Kier alpha value is -3.08. The highest BCUT2D eigenvalue weighted by Gasteiger charge is 2.18. The van der Waals surface area contributed by atoms with Crippen LogP contribution < -0.4 is 0 Å². The van der Waals surface area contributed by atoms with Gasteiger partial charge >= 0.3 is 0 Å². The third-order valence-corrected chi connectivity index (χ3v) is 6.99. The van der Waals surface area contributed by atoms with E-state index in [2.05, 4.69) is 82.3 Å². The van der Waals surface area contributed by atoms with E-state index in [4.69, 9.17) is 11.6 Å². The van der Waals surface area contributed by atoms with Crippen LogP contribution in [0.4, 0.5) is 0 Å². The Morgan fingerprint density at radius 2 is 1.75 bits per heavy atom. The van der Waals surface area contributed by atoms with E-state index < -0.39 is 0 Å². The Balaban J connectivity index is 1.66. The fourth-order valence-corrected chi connectivity index (χ4v) is 4.99. The lowest BCUT2D eigenvalue weighted by Crippen LogP contribution is -1.95. The number of aromatic nitrogens is 3. The highest BCUT2D eigenvalue weighted by atomic mass is 35.5. The maximum atomic E-state index is 6.45. The maximum Gasteiger partial charge on any atom is 0.149 e. The quantitative estimate of drug-likeness (QED) is 0.201. The van der Waals surface area contributed by atoms with Crippen molar-refractivity contribution in [3.8, 4) is 16.8 Å². The van der Waals surface area contributed by atoms with Crippen LogP contribution in [0.2, 0.25) is 5.02 Å². The van der Waals surface area contributed by atoms with Crippen molar-refractivity contribution in [2.24, 2.45) is 0 Å². The van der Waals surface area contributed by atoms with Crippen molar-refractivity contribution in [2.45, 2.75) is 24.6 Å². The molecule has 158 valence electrons. The summed E-state index contributed by atoms with van der Waals surface area (Å²) in [6.45, 7) is 4.13. The number of benzene rings is 3. The molecule has 0 N–H and O–H groups in total. The minimum Gasteiger partial charge on any atom is -0.301 e. The molecule has 5 rings (SSSR count). The number of rotatable bonds is 5. The summed E-state index contributed by atoms with van der Waals surface area (Å²) in [4.78, 5) is 9.36. The number of aryl methyl sites for hydroxylation is 2. The molecule has 3 nitrogen and oxygen atoms in total. The van der Waals surface area contributed by atoms with Crippen molar-refractivity contribution in [3.05, 3.63) is 107 Å². The molecule has 0 atom stereocenters. The molecule has 0 radical (unpaired) electrons. The van der Waals surface area contributed by atoms with Gasteiger partial charge in [-0.2, -0.15) is 0 Å². The zero-order valence-electron chi connectivity index (χ0n) is 17.9. The van der Waals surface area contributed by atoms with Crippen molar-refractivity contribution < 1.29 is 0 Å². The van der Waals surface area contributed by atoms with Crippen molar-refractivity contribution >= 4 is 34.4 Å². The molecular formula is C27H22ClN3S. The number of thioether (sulfide) groups is 1. The van der Waals surface area contributed by atoms with Gasteiger partial charge in [-0.25, -0.2) is 9.97 Å². The SMILES string of the molecule is Cc1cccc(CSc2ncnc3c2c(-c2ccccc2)cn3-c2ccc(C)c(Cl)c2)c1. The number of fused-ring (bicyclic) bond motifs is 1. The molecule has 0 fully saturated rings. The Labute approximate surface area is 197 Å². The van der Waals surface area contributed by atoms with Crippen LogP contribution in [0.15, 0.2) is 90.3 Å². The molecule has 5 heteroatoms. The lowest BCUT2D eigenvalue weighted by Gasteiger charge is -2.08. The Morgan fingerprint density at radius 3 is 2.53 bits per heavy atom. The third kappa shape index (κ3) is 4.04. The lowest BCUT2D eigenvalue weighted by atomic mass is 10.1. The molecule has 0 aliphatic carbocycles. The average Bonchev–Trinajstić information content (AvgIpc) is 3.20. The molecule has 2 heterocycles. The summed E-state index contributed by atoms with van der Waals surface area (Å²) in [6, 6.07) is 25.1. The smallest absolute Gasteiger partial charge is 0.149 e. The molecule has 0 aliphatic heterocycles. The van der Waals surface area contributed by atoms with Gasteiger partial charge in [0.25, 0.3) is 0 Å². The van der Waals surface area contributed by atoms with E-state index in [1.807, 2.05) is 25.1 Å². The summed E-state index contributed by atoms with van der Waals surface area (Å²) in [7, 11) is 0. The first-order chi connectivity index (χ1) is 15.6. The molecule has 0 aliphatic rings. The molecule has 0 saturated carbocycles. The third-order valence-electron chi connectivity index (χ3n) is 5.52. The van der Waals surface area contributed by atoms with Crippen LogP contribution in [0.5, 0.6) is 0 Å². The zero-order valence-corrected chi connectivity index (χ0v) is 19.5. The lowest BCUT2D eigenvalue weighted by molar-refractivity contribution is 1.04. The van der Waals surface area contributed by atoms with Gasteiger partial charge in [0.15, 0.2) is 0 Å². The van der Waals surface area contributed by atoms with Crippen LogP contribution >= 0.6 is 23.4 Å². The van der Waals surface area contributed by atoms with Crippen LogP contribution in [-0.2, 0) is 5.75 Å². The van der Waals surface area contributed by atoms with Gasteiger partial charge in [-0.05, 0) is 42.7 Å². The largest absolute Gasteiger partial charge is 0.301 e. The normalized spacial score (nSPS) is 11.2. The molecule has 0 bridgehead atoms. The average molecular weight is 456 g/mol. The summed E-state index contributed by atoms with van der Waals surface area (Å²) < 4.78 is 2.11. The first-order valence-electron chi connectivity index (χ1n) is 10.5. The zero-order chi connectivity index (χ0) is 22.1. The summed E-state index contributed by atoms with van der Waals surface area (Å²) in [5.74, 6) is 0.851. The van der Waals surface area contributed by atoms with Crippen molar-refractivity contribution in [2.75, 3.05) is 0 Å². The molecule has 0 saturated heterocycles. The van der Waals surface area contributed by atoms with Gasteiger partial charge in [-0.1, -0.05) is 77.8 Å². The van der Waals surface area contributed by atoms with Crippen LogP contribution in [-0.4, -0.2) is 14.5 Å². The fraction of sp³-hybridized carbons (Fsp3) is 0.111. The van der Waals surface area contributed by atoms with Gasteiger partial charge in [-0.3, -0.25) is 0 Å². The minimum absolute atomic E-state index is 0.744. The molecule has 0 amide bonds. The predicted molar refractivity (Wildman–Crippen MR) is 135 cm³/mol. The number of halogens is 1. The maximum absolute atomic E-state index is 6.45. The standard InChI is InChI=1S/C27H22ClN3S/c1-18-7-6-8-20(13-18)16-32-27-25-23(21-9-4-3-5-10-21)15-31(26(25)29-17-30-27)22-12-11-19(2)24(28)14-22/h3-15,17H,16H2,1-2H3. The highest BCUT2D eigenvalue weighted by molar-refractivity contribution is 7.98. The van der Waals surface area contributed by atoms with Crippen molar-refractivity contribution in [1.82, 2.24) is 14.5 Å². The Morgan fingerprint density at radius 1 is 0.906 bits per heavy atom. The van der Waals surface area contributed by atoms with E-state index in [0.717, 1.165) is 49.2 Å². The first kappa shape index (κ1) is 20.8. The Bertz CT molecular complexity index is 1410. The van der Waals surface area contributed by atoms with Crippen LogP contribution in [0.25, 0.3) is 27.8 Å². The van der Waals surface area contributed by atoms with Crippen LogP contribution in [0.1, 0.15) is 16.7 Å². The highest BCUT2D eigenvalue weighted by Crippen LogP contribution is 2.38. The first-order valence-corrected chi connectivity index (χ1v) is 11.8. The van der Waals surface area contributed by atoms with Crippen molar-refractivity contribution in [3.63, 3.8) is 0 Å². The van der Waals surface area contributed by atoms with E-state index in [1.54, 1.807) is 18.1 Å². The molecule has 3 aromatic carbocycles. The van der Waals surface area contributed by atoms with Gasteiger partial charge in [0, 0.05) is 28.2 Å². The number of nitrogens with zero attached hydrogens (tertiary/aromatic N) is 3. The second-order valence-corrected chi connectivity index (χ2v) is 9.24. The molecule has 32 heavy (non-hydrogen) atoms. The number of hydrogen-bond donors (Lipinski definition) is 0. The predicted octanol–water partition coefficient (Wildman–Crippen LogP) is 7.65. The van der Waals surface area contributed by atoms with Gasteiger partial charge in [0.05, 0.1) is 5.39 Å². The topological polar surface area (TPSA) is 30.7 Å². The van der Waals surface area contributed by atoms with Gasteiger partial charge in [-0.15, -0.1) is 11.8 Å². The summed E-state index contributed by atoms with van der Waals surface area (Å²) in [5, 5.41) is 2.79. The molecule has 5 aromatic rings. The molecule has 2 aromatic heterocycles. The van der Waals surface area contributed by atoms with Gasteiger partial charge < -0.3 is 4.57 Å². The van der Waals surface area contributed by atoms with E-state index in [9.17, 15) is 0 Å². The van der Waals surface area contributed by atoms with Crippen molar-refractivity contribution in [1.29, 1.82) is 0 Å². The summed E-state index contributed by atoms with van der Waals surface area (Å²) in [6.07, 6.45) is 3.80. The molecule has 0 unspecified atom stereocenters. The van der Waals surface area contributed by atoms with Crippen LogP contribution in [0.3, 0.4) is 0 Å². The fourth-order valence-electron chi connectivity index (χ4n) is 3.86. The van der Waals surface area contributed by atoms with Crippen LogP contribution in [0, 0.1) is 13.8 Å². The van der Waals surface area contributed by atoms with E-state index in [-0.39, 0.29) is 0 Å². The van der Waals surface area contributed by atoms with E-state index in [0.29, 0.717) is 0 Å². The van der Waals surface area contributed by atoms with Gasteiger partial charge in [0.2, 0.25) is 0 Å². The second-order valence-electron chi connectivity index (χ2n) is 7.87. The van der Waals surface area contributed by atoms with E-state index >= 15 is 0 Å². The van der Waals surface area contributed by atoms with Gasteiger partial charge in [0.1, 0.15) is 17.0 Å². The monoisotopic (exact) mass is 455 g/mol.